The van der Waals surface area contributed by atoms with E-state index in [9.17, 15) is 0 Å². The van der Waals surface area contributed by atoms with E-state index >= 15 is 0 Å². The molecule has 0 aromatic rings. The summed E-state index contributed by atoms with van der Waals surface area (Å²) in [5.74, 6) is 0. The fourth-order valence-corrected chi connectivity index (χ4v) is 0. The predicted octanol–water partition coefficient (Wildman–Crippen LogP) is -6.20. The van der Waals surface area contributed by atoms with Crippen LogP contribution in [0.15, 0.2) is 0 Å². The average molecular weight is 143 g/mol. The van der Waals surface area contributed by atoms with Crippen molar-refractivity contribution in [3.8, 4) is 0 Å². The Hall–Kier alpha value is 1.92. The monoisotopic (exact) mass is 143 g/mol. The van der Waals surface area contributed by atoms with Gasteiger partial charge in [0.15, 0.2) is 0 Å². The first-order chi connectivity index (χ1) is 2.00. The second-order valence-electron chi connectivity index (χ2n) is 0.447. The van der Waals surface area contributed by atoms with Gasteiger partial charge < -0.3 is 19.2 Å². The molecule has 7 heteroatoms. The first-order valence-electron chi connectivity index (χ1n) is 0.730. The Balaban J connectivity index is -0.0000000800. The maximum Gasteiger partial charge on any atom is 2.00 e. The topological polar surface area (TPSA) is 86.2 Å². The van der Waals surface area contributed by atoms with E-state index in [4.69, 9.17) is 19.2 Å². The molecule has 4 nitrogen and oxygen atoms in total. The zero-order chi connectivity index (χ0) is 4.50. The van der Waals surface area contributed by atoms with E-state index in [0.717, 1.165) is 0 Å². The summed E-state index contributed by atoms with van der Waals surface area (Å²) in [5, 5.41) is 0. The summed E-state index contributed by atoms with van der Waals surface area (Å²) in [5.41, 5.74) is 0. The Kier molecular flexibility index (Phi) is 13.8. The van der Waals surface area contributed by atoms with E-state index < -0.39 is 7.82 Å². The largest absolute Gasteiger partial charge is 2.00 e. The molecular weight excluding hydrogens is 143 g/mol. The molecule has 0 fully saturated rings. The normalized spacial score (nSPS) is 8.43. The molecule has 0 spiro atoms. The summed E-state index contributed by atoms with van der Waals surface area (Å²) < 4.78 is 8.55. The minimum absolute atomic E-state index is 0. The van der Waals surface area contributed by atoms with Crippen LogP contribution in [0, 0.1) is 0 Å². The van der Waals surface area contributed by atoms with Gasteiger partial charge in [0, 0.05) is 0 Å². The van der Waals surface area contributed by atoms with Crippen molar-refractivity contribution >= 4 is 17.9 Å². The molecule has 0 atom stereocenters. The molecule has 0 N–H and O–H groups in total. The van der Waals surface area contributed by atoms with Gasteiger partial charge in [-0.25, -0.2) is 0 Å². The molecule has 0 heterocycles. The maximum atomic E-state index is 8.55. The Bertz CT molecular complexity index is 57.8. The van der Waals surface area contributed by atoms with Crippen molar-refractivity contribution in [2.24, 2.45) is 0 Å². The number of hydrogen-bond acceptors (Lipinski definition) is 4. The molecule has 0 bridgehead atoms. The summed E-state index contributed by atoms with van der Waals surface area (Å²) in [6, 6.07) is 0. The van der Waals surface area contributed by atoms with Crippen LogP contribution < -0.4 is 66.1 Å². The van der Waals surface area contributed by atoms with Crippen LogP contribution in [0.4, 0.5) is 0 Å². The standard InChI is InChI=1S/Be.K.H3O4P/c;;1-5(2,3)4/h;;(H3,1,2,3,4)/q+2;+1;/p-3. The second kappa shape index (κ2) is 6.04. The fraction of sp³-hybridized carbons (Fsp3) is 0. The average Bonchev–Trinajstić information content (AvgIpc) is 0.722. The molecule has 0 radical (unpaired) electrons. The zero-order valence-corrected chi connectivity index (χ0v) is 7.80. The van der Waals surface area contributed by atoms with E-state index in [1.807, 2.05) is 0 Å². The van der Waals surface area contributed by atoms with Crippen molar-refractivity contribution in [2.75, 3.05) is 0 Å². The Labute approximate surface area is 87.2 Å². The second-order valence-corrected chi connectivity index (χ2v) is 1.34. The fourth-order valence-electron chi connectivity index (χ4n) is 0. The quantitative estimate of drug-likeness (QED) is 0.249. The van der Waals surface area contributed by atoms with Gasteiger partial charge in [0.05, 0.1) is 0 Å². The molecule has 0 rings (SSSR count). The van der Waals surface area contributed by atoms with E-state index in [1.54, 1.807) is 0 Å². The van der Waals surface area contributed by atoms with Gasteiger partial charge in [-0.2, -0.15) is 7.82 Å². The van der Waals surface area contributed by atoms with Gasteiger partial charge in [0.1, 0.15) is 0 Å². The van der Waals surface area contributed by atoms with Crippen LogP contribution in [0.2, 0.25) is 0 Å². The van der Waals surface area contributed by atoms with E-state index in [1.165, 1.54) is 0 Å². The van der Waals surface area contributed by atoms with Gasteiger partial charge in [-0.3, -0.25) is 0 Å². The molecule has 0 aromatic carbocycles. The number of rotatable bonds is 0. The van der Waals surface area contributed by atoms with Crippen molar-refractivity contribution in [3.05, 3.63) is 0 Å². The van der Waals surface area contributed by atoms with Gasteiger partial charge in [0.25, 0.3) is 0 Å². The first-order valence-corrected chi connectivity index (χ1v) is 2.19. The van der Waals surface area contributed by atoms with Crippen LogP contribution in [-0.2, 0) is 4.57 Å². The summed E-state index contributed by atoms with van der Waals surface area (Å²) >= 11 is 0. The van der Waals surface area contributed by atoms with Gasteiger partial charge in [-0.15, -0.1) is 0 Å². The molecule has 0 unspecified atom stereocenters. The molecule has 0 saturated heterocycles. The minimum atomic E-state index is -5.39. The third kappa shape index (κ3) is 75.5. The van der Waals surface area contributed by atoms with Gasteiger partial charge >= 0.3 is 61.5 Å². The third-order valence-corrected chi connectivity index (χ3v) is 0. The Morgan fingerprint density at radius 2 is 1.14 bits per heavy atom. The van der Waals surface area contributed by atoms with E-state index in [2.05, 4.69) is 0 Å². The van der Waals surface area contributed by atoms with Crippen molar-refractivity contribution in [1.29, 1.82) is 0 Å². The van der Waals surface area contributed by atoms with Crippen LogP contribution >= 0.6 is 7.82 Å². The minimum Gasteiger partial charge on any atom is -0.822 e. The molecular formula is BeKO4P. The van der Waals surface area contributed by atoms with Crippen molar-refractivity contribution in [3.63, 3.8) is 0 Å². The van der Waals surface area contributed by atoms with Gasteiger partial charge in [-0.05, 0) is 0 Å². The number of phosphoric acid groups is 1. The van der Waals surface area contributed by atoms with Crippen LogP contribution in [0.3, 0.4) is 0 Å². The van der Waals surface area contributed by atoms with Crippen LogP contribution in [0.25, 0.3) is 0 Å². The van der Waals surface area contributed by atoms with Crippen LogP contribution in [-0.4, -0.2) is 10.1 Å². The molecule has 0 aliphatic rings. The summed E-state index contributed by atoms with van der Waals surface area (Å²) in [7, 11) is -5.39. The molecule has 0 aliphatic heterocycles. The molecule has 0 amide bonds. The number of hydrogen-bond donors (Lipinski definition) is 0. The van der Waals surface area contributed by atoms with E-state index in [-0.39, 0.29) is 61.5 Å². The first kappa shape index (κ1) is 16.0. The Morgan fingerprint density at radius 3 is 1.14 bits per heavy atom. The van der Waals surface area contributed by atoms with E-state index in [0.29, 0.717) is 0 Å². The molecule has 32 valence electrons. The smallest absolute Gasteiger partial charge is 0.822 e. The van der Waals surface area contributed by atoms with Crippen molar-refractivity contribution in [1.82, 2.24) is 0 Å². The molecule has 0 aromatic heterocycles. The third-order valence-electron chi connectivity index (χ3n) is 0. The molecule has 7 heavy (non-hydrogen) atoms. The van der Waals surface area contributed by atoms with Gasteiger partial charge in [-0.1, -0.05) is 0 Å². The molecule has 0 saturated carbocycles. The summed E-state index contributed by atoms with van der Waals surface area (Å²) in [4.78, 5) is 25.6. The van der Waals surface area contributed by atoms with Crippen LogP contribution in [0.5, 0.6) is 0 Å². The van der Waals surface area contributed by atoms with Crippen molar-refractivity contribution in [2.45, 2.75) is 0 Å². The molecule has 0 aliphatic carbocycles. The predicted molar refractivity (Wildman–Crippen MR) is 13.4 cm³/mol. The maximum absolute atomic E-state index is 8.55. The summed E-state index contributed by atoms with van der Waals surface area (Å²) in [6.07, 6.45) is 0. The van der Waals surface area contributed by atoms with Gasteiger partial charge in [0.2, 0.25) is 0 Å². The summed E-state index contributed by atoms with van der Waals surface area (Å²) in [6.45, 7) is 0. The van der Waals surface area contributed by atoms with Crippen LogP contribution in [0.1, 0.15) is 0 Å². The zero-order valence-electron chi connectivity index (χ0n) is 3.79. The SMILES string of the molecule is O=P([O-])([O-])[O-].[Be+2].[K+]. The Morgan fingerprint density at radius 1 is 1.14 bits per heavy atom. The van der Waals surface area contributed by atoms with Crippen molar-refractivity contribution < 1.29 is 70.6 Å².